The molecule has 0 spiro atoms. The van der Waals surface area contributed by atoms with Gasteiger partial charge in [-0.1, -0.05) is 23.8 Å². The largest absolute Gasteiger partial charge is 0.351 e. The number of carbonyl (C=O) groups excluding carboxylic acids is 1. The fourth-order valence-electron chi connectivity index (χ4n) is 1.29. The van der Waals surface area contributed by atoms with Gasteiger partial charge < -0.3 is 10.3 Å². The topological polar surface area (TPSA) is 44.9 Å². The summed E-state index contributed by atoms with van der Waals surface area (Å²) >= 11 is 10.7. The van der Waals surface area contributed by atoms with E-state index in [1.807, 2.05) is 0 Å². The van der Waals surface area contributed by atoms with Crippen molar-refractivity contribution < 1.29 is 4.79 Å². The highest BCUT2D eigenvalue weighted by Crippen LogP contribution is 2.11. The molecule has 17 heavy (non-hydrogen) atoms. The van der Waals surface area contributed by atoms with Gasteiger partial charge in [-0.05, 0) is 36.4 Å². The number of hydrogen-bond donors (Lipinski definition) is 2. The van der Waals surface area contributed by atoms with Crippen LogP contribution in [0.4, 0.5) is 5.69 Å². The van der Waals surface area contributed by atoms with Crippen LogP contribution >= 0.6 is 23.8 Å². The zero-order chi connectivity index (χ0) is 12.3. The third kappa shape index (κ3) is 3.15. The summed E-state index contributed by atoms with van der Waals surface area (Å²) in [4.78, 5) is 14.7. The van der Waals surface area contributed by atoms with E-state index in [4.69, 9.17) is 23.8 Å². The third-order valence-electron chi connectivity index (χ3n) is 2.15. The van der Waals surface area contributed by atoms with Crippen LogP contribution in [0.1, 0.15) is 10.4 Å². The monoisotopic (exact) mass is 264 g/mol. The van der Waals surface area contributed by atoms with E-state index in [-0.39, 0.29) is 5.91 Å². The first kappa shape index (κ1) is 11.8. The first-order chi connectivity index (χ1) is 8.15. The Hall–Kier alpha value is -1.65. The summed E-state index contributed by atoms with van der Waals surface area (Å²) in [7, 11) is 0. The number of aromatic amines is 1. The molecule has 0 aliphatic heterocycles. The Morgan fingerprint density at radius 3 is 2.47 bits per heavy atom. The van der Waals surface area contributed by atoms with E-state index in [9.17, 15) is 4.79 Å². The maximum Gasteiger partial charge on any atom is 0.255 e. The molecule has 2 aromatic rings. The lowest BCUT2D eigenvalue weighted by Crippen LogP contribution is -2.11. The molecule has 3 nitrogen and oxygen atoms in total. The summed E-state index contributed by atoms with van der Waals surface area (Å²) in [5.41, 5.74) is 1.22. The molecular formula is C12H9ClN2OS. The second-order valence-electron chi connectivity index (χ2n) is 3.40. The molecule has 86 valence electrons. The Kier molecular flexibility index (Phi) is 3.56. The summed E-state index contributed by atoms with van der Waals surface area (Å²) in [6.45, 7) is 0. The molecule has 0 saturated heterocycles. The highest BCUT2D eigenvalue weighted by Gasteiger charge is 2.05. The normalized spacial score (nSPS) is 9.94. The van der Waals surface area contributed by atoms with Crippen LogP contribution in [0.3, 0.4) is 0 Å². The summed E-state index contributed by atoms with van der Waals surface area (Å²) in [5, 5.41) is 3.35. The molecule has 1 amide bonds. The standard InChI is InChI=1S/C12H9ClN2OS/c13-9-3-1-8(2-4-9)12(16)15-10-5-6-11(17)14-7-10/h1-7H,(H,14,17)(H,15,16). The van der Waals surface area contributed by atoms with Crippen molar-refractivity contribution in [2.24, 2.45) is 0 Å². The molecule has 5 heteroatoms. The zero-order valence-electron chi connectivity index (χ0n) is 8.74. The summed E-state index contributed by atoms with van der Waals surface area (Å²) < 4.78 is 0.620. The Morgan fingerprint density at radius 2 is 1.88 bits per heavy atom. The number of pyridine rings is 1. The quantitative estimate of drug-likeness (QED) is 0.814. The number of H-pyrrole nitrogens is 1. The van der Waals surface area contributed by atoms with Gasteiger partial charge in [0.25, 0.3) is 5.91 Å². The number of halogens is 1. The van der Waals surface area contributed by atoms with Crippen LogP contribution in [0, 0.1) is 4.64 Å². The number of anilines is 1. The Bertz CT molecular complexity index is 572. The van der Waals surface area contributed by atoms with Crippen molar-refractivity contribution >= 4 is 35.4 Å². The summed E-state index contributed by atoms with van der Waals surface area (Å²) in [6.07, 6.45) is 1.65. The Morgan fingerprint density at radius 1 is 1.18 bits per heavy atom. The maximum atomic E-state index is 11.8. The number of aromatic nitrogens is 1. The number of amides is 1. The van der Waals surface area contributed by atoms with Gasteiger partial charge in [-0.3, -0.25) is 4.79 Å². The smallest absolute Gasteiger partial charge is 0.255 e. The molecule has 0 unspecified atom stereocenters. The predicted molar refractivity (Wildman–Crippen MR) is 71.0 cm³/mol. The third-order valence-corrected chi connectivity index (χ3v) is 2.65. The molecule has 0 bridgehead atoms. The van der Waals surface area contributed by atoms with Gasteiger partial charge in [0.2, 0.25) is 0 Å². The van der Waals surface area contributed by atoms with E-state index in [1.54, 1.807) is 42.6 Å². The van der Waals surface area contributed by atoms with Crippen molar-refractivity contribution in [1.82, 2.24) is 4.98 Å². The molecular weight excluding hydrogens is 256 g/mol. The van der Waals surface area contributed by atoms with Crippen LogP contribution in [0.2, 0.25) is 5.02 Å². The molecule has 0 aliphatic carbocycles. The van der Waals surface area contributed by atoms with Gasteiger partial charge >= 0.3 is 0 Å². The fourth-order valence-corrected chi connectivity index (χ4v) is 1.55. The van der Waals surface area contributed by atoms with Gasteiger partial charge in [-0.25, -0.2) is 0 Å². The Labute approximate surface area is 108 Å². The van der Waals surface area contributed by atoms with Crippen LogP contribution in [-0.2, 0) is 0 Å². The highest BCUT2D eigenvalue weighted by molar-refractivity contribution is 7.71. The molecule has 2 rings (SSSR count). The van der Waals surface area contributed by atoms with E-state index >= 15 is 0 Å². The average Bonchev–Trinajstić information content (AvgIpc) is 2.33. The second-order valence-corrected chi connectivity index (χ2v) is 4.28. The molecule has 1 heterocycles. The minimum absolute atomic E-state index is 0.188. The number of carbonyl (C=O) groups is 1. The van der Waals surface area contributed by atoms with E-state index in [2.05, 4.69) is 10.3 Å². The van der Waals surface area contributed by atoms with Gasteiger partial charge in [0, 0.05) is 16.8 Å². The molecule has 0 radical (unpaired) electrons. The van der Waals surface area contributed by atoms with Crippen molar-refractivity contribution in [3.63, 3.8) is 0 Å². The van der Waals surface area contributed by atoms with Gasteiger partial charge in [-0.15, -0.1) is 0 Å². The van der Waals surface area contributed by atoms with E-state index in [1.165, 1.54) is 0 Å². The van der Waals surface area contributed by atoms with E-state index < -0.39 is 0 Å². The first-order valence-corrected chi connectivity index (χ1v) is 5.69. The zero-order valence-corrected chi connectivity index (χ0v) is 10.3. The van der Waals surface area contributed by atoms with Gasteiger partial charge in [-0.2, -0.15) is 0 Å². The minimum atomic E-state index is -0.188. The van der Waals surface area contributed by atoms with Gasteiger partial charge in [0.15, 0.2) is 0 Å². The van der Waals surface area contributed by atoms with E-state index in [0.717, 1.165) is 0 Å². The van der Waals surface area contributed by atoms with Crippen molar-refractivity contribution in [3.05, 3.63) is 57.8 Å². The fraction of sp³-hybridized carbons (Fsp3) is 0. The minimum Gasteiger partial charge on any atom is -0.351 e. The number of nitrogens with one attached hydrogen (secondary N) is 2. The highest BCUT2D eigenvalue weighted by atomic mass is 35.5. The molecule has 0 fully saturated rings. The summed E-state index contributed by atoms with van der Waals surface area (Å²) in [5.74, 6) is -0.188. The molecule has 1 aromatic heterocycles. The summed E-state index contributed by atoms with van der Waals surface area (Å²) in [6, 6.07) is 10.1. The average molecular weight is 265 g/mol. The van der Waals surface area contributed by atoms with E-state index in [0.29, 0.717) is 20.9 Å². The van der Waals surface area contributed by atoms with Crippen LogP contribution in [0.15, 0.2) is 42.6 Å². The van der Waals surface area contributed by atoms with Crippen LogP contribution in [-0.4, -0.2) is 10.9 Å². The van der Waals surface area contributed by atoms with Crippen molar-refractivity contribution in [3.8, 4) is 0 Å². The number of hydrogen-bond acceptors (Lipinski definition) is 2. The second kappa shape index (κ2) is 5.12. The van der Waals surface area contributed by atoms with Crippen LogP contribution in [0.5, 0.6) is 0 Å². The van der Waals surface area contributed by atoms with Gasteiger partial charge in [0.05, 0.1) is 5.69 Å². The van der Waals surface area contributed by atoms with Crippen molar-refractivity contribution in [2.45, 2.75) is 0 Å². The molecule has 0 atom stereocenters. The molecule has 0 saturated carbocycles. The SMILES string of the molecule is O=C(Nc1ccc(=S)[nH]c1)c1ccc(Cl)cc1. The predicted octanol–water partition coefficient (Wildman–Crippen LogP) is 3.65. The Balaban J connectivity index is 2.14. The first-order valence-electron chi connectivity index (χ1n) is 4.91. The van der Waals surface area contributed by atoms with Crippen molar-refractivity contribution in [2.75, 3.05) is 5.32 Å². The number of benzene rings is 1. The lowest BCUT2D eigenvalue weighted by molar-refractivity contribution is 0.102. The van der Waals surface area contributed by atoms with Gasteiger partial charge in [0.1, 0.15) is 4.64 Å². The lowest BCUT2D eigenvalue weighted by atomic mass is 10.2. The maximum absolute atomic E-state index is 11.8. The van der Waals surface area contributed by atoms with Crippen molar-refractivity contribution in [1.29, 1.82) is 0 Å². The molecule has 1 aromatic carbocycles. The van der Waals surface area contributed by atoms with Crippen LogP contribution < -0.4 is 5.32 Å². The van der Waals surface area contributed by atoms with Crippen LogP contribution in [0.25, 0.3) is 0 Å². The molecule has 2 N–H and O–H groups in total. The number of rotatable bonds is 2. The molecule has 0 aliphatic rings. The lowest BCUT2D eigenvalue weighted by Gasteiger charge is -2.04.